The van der Waals surface area contributed by atoms with Crippen LogP contribution in [0.15, 0.2) is 79.9 Å². The number of aryl methyl sites for hydroxylation is 1. The number of benzene rings is 2. The molecule has 2 atom stereocenters. The average molecular weight is 366 g/mol. The van der Waals surface area contributed by atoms with Gasteiger partial charge in [0, 0.05) is 6.08 Å². The number of hydrogen-bond donors (Lipinski definition) is 0. The zero-order valence-corrected chi connectivity index (χ0v) is 15.7. The summed E-state index contributed by atoms with van der Waals surface area (Å²) >= 11 is 0. The predicted molar refractivity (Wildman–Crippen MR) is 107 cm³/mol. The fourth-order valence-corrected chi connectivity index (χ4v) is 2.68. The van der Waals surface area contributed by atoms with E-state index >= 15 is 0 Å². The summed E-state index contributed by atoms with van der Waals surface area (Å²) in [5.74, 6) is 0.327. The minimum atomic E-state index is -0.465. The third-order valence-electron chi connectivity index (χ3n) is 4.19. The van der Waals surface area contributed by atoms with Crippen molar-refractivity contribution < 1.29 is 19.0 Å². The van der Waals surface area contributed by atoms with Crippen molar-refractivity contribution in [2.75, 3.05) is 7.11 Å². The molecule has 4 nitrogen and oxygen atoms in total. The molecule has 0 heterocycles. The van der Waals surface area contributed by atoms with Gasteiger partial charge in [-0.3, -0.25) is 0 Å². The molecule has 4 heteroatoms. The normalized spacial score (nSPS) is 12.6. The second-order valence-corrected chi connectivity index (χ2v) is 6.06. The summed E-state index contributed by atoms with van der Waals surface area (Å²) < 4.78 is 16.7. The number of carbonyl (C=O) groups excluding carboxylic acids is 1. The monoisotopic (exact) mass is 366 g/mol. The summed E-state index contributed by atoms with van der Waals surface area (Å²) in [6.07, 6.45) is 3.38. The first-order chi connectivity index (χ1) is 13.2. The topological polar surface area (TPSA) is 44.8 Å². The Bertz CT molecular complexity index is 722. The van der Waals surface area contributed by atoms with Crippen LogP contribution >= 0.6 is 0 Å². The lowest BCUT2D eigenvalue weighted by molar-refractivity contribution is -0.150. The van der Waals surface area contributed by atoms with Gasteiger partial charge < -0.3 is 14.2 Å². The molecule has 0 aliphatic rings. The summed E-state index contributed by atoms with van der Waals surface area (Å²) in [5.41, 5.74) is 2.18. The Balaban J connectivity index is 2.01. The van der Waals surface area contributed by atoms with Crippen LogP contribution in [0.4, 0.5) is 0 Å². The van der Waals surface area contributed by atoms with Crippen molar-refractivity contribution in [2.45, 2.75) is 31.7 Å². The van der Waals surface area contributed by atoms with Crippen molar-refractivity contribution in [3.8, 4) is 5.75 Å². The van der Waals surface area contributed by atoms with E-state index in [-0.39, 0.29) is 0 Å². The summed E-state index contributed by atoms with van der Waals surface area (Å²) in [7, 11) is 1.63. The van der Waals surface area contributed by atoms with Gasteiger partial charge in [-0.2, -0.15) is 0 Å². The van der Waals surface area contributed by atoms with E-state index < -0.39 is 18.2 Å². The minimum Gasteiger partial charge on any atom is -0.497 e. The van der Waals surface area contributed by atoms with Crippen molar-refractivity contribution in [1.29, 1.82) is 0 Å². The zero-order valence-electron chi connectivity index (χ0n) is 15.7. The Morgan fingerprint density at radius 1 is 1.04 bits per heavy atom. The Hall–Kier alpha value is -2.85. The van der Waals surface area contributed by atoms with Gasteiger partial charge in [0.2, 0.25) is 0 Å². The highest BCUT2D eigenvalue weighted by Gasteiger charge is 2.23. The van der Waals surface area contributed by atoms with Crippen LogP contribution in [0.2, 0.25) is 0 Å². The second kappa shape index (κ2) is 11.0. The second-order valence-electron chi connectivity index (χ2n) is 6.06. The molecule has 2 aromatic rings. The number of ether oxygens (including phenoxy) is 3. The van der Waals surface area contributed by atoms with Gasteiger partial charge in [0.25, 0.3) is 0 Å². The standard InChI is InChI=1S/C23H26O4/c1-4-21(26-17-19-11-14-20(25-3)15-12-19)22(27-23(24)5-2)16-13-18-9-7-6-8-10-18/h4-12,14-15,21-22H,1-2,13,16-17H2,3H3/t21-,22-/m1/s1. The molecule has 27 heavy (non-hydrogen) atoms. The molecule has 0 saturated heterocycles. The van der Waals surface area contributed by atoms with E-state index in [1.807, 2.05) is 54.6 Å². The lowest BCUT2D eigenvalue weighted by atomic mass is 10.0. The SMILES string of the molecule is C=CC(=O)O[C@H](CCc1ccccc1)[C@@H](C=C)OCc1ccc(OC)cc1. The van der Waals surface area contributed by atoms with E-state index in [0.29, 0.717) is 13.0 Å². The highest BCUT2D eigenvalue weighted by Crippen LogP contribution is 2.18. The molecule has 0 amide bonds. The van der Waals surface area contributed by atoms with E-state index in [1.165, 1.54) is 11.6 Å². The Morgan fingerprint density at radius 3 is 2.33 bits per heavy atom. The number of carbonyl (C=O) groups is 1. The van der Waals surface area contributed by atoms with Gasteiger partial charge in [-0.05, 0) is 36.1 Å². The van der Waals surface area contributed by atoms with Gasteiger partial charge in [0.15, 0.2) is 0 Å². The maximum atomic E-state index is 11.8. The molecule has 142 valence electrons. The molecule has 0 radical (unpaired) electrons. The lowest BCUT2D eigenvalue weighted by Gasteiger charge is -2.25. The zero-order chi connectivity index (χ0) is 19.5. The molecular weight excluding hydrogens is 340 g/mol. The van der Waals surface area contributed by atoms with E-state index in [2.05, 4.69) is 13.2 Å². The lowest BCUT2D eigenvalue weighted by Crippen LogP contribution is -2.32. The van der Waals surface area contributed by atoms with Crippen LogP contribution in [-0.2, 0) is 27.3 Å². The molecule has 0 aliphatic heterocycles. The van der Waals surface area contributed by atoms with Gasteiger partial charge >= 0.3 is 5.97 Å². The van der Waals surface area contributed by atoms with E-state index in [1.54, 1.807) is 13.2 Å². The molecule has 0 saturated carbocycles. The van der Waals surface area contributed by atoms with Crippen LogP contribution in [0.1, 0.15) is 17.5 Å². The smallest absolute Gasteiger partial charge is 0.330 e. The largest absolute Gasteiger partial charge is 0.497 e. The predicted octanol–water partition coefficient (Wildman–Crippen LogP) is 4.50. The highest BCUT2D eigenvalue weighted by atomic mass is 16.6. The third-order valence-corrected chi connectivity index (χ3v) is 4.19. The van der Waals surface area contributed by atoms with Crippen molar-refractivity contribution >= 4 is 5.97 Å². The third kappa shape index (κ3) is 6.76. The van der Waals surface area contributed by atoms with E-state index in [9.17, 15) is 4.79 Å². The molecule has 0 aliphatic carbocycles. The molecular formula is C23H26O4. The van der Waals surface area contributed by atoms with Crippen LogP contribution in [0.3, 0.4) is 0 Å². The minimum absolute atomic E-state index is 0.383. The molecule has 0 N–H and O–H groups in total. The first-order valence-corrected chi connectivity index (χ1v) is 8.90. The summed E-state index contributed by atoms with van der Waals surface area (Å²) in [6.45, 7) is 7.70. The van der Waals surface area contributed by atoms with Gasteiger partial charge in [-0.1, -0.05) is 55.1 Å². The van der Waals surface area contributed by atoms with Gasteiger partial charge in [-0.25, -0.2) is 4.79 Å². The molecule has 0 bridgehead atoms. The van der Waals surface area contributed by atoms with Gasteiger partial charge in [0.05, 0.1) is 13.7 Å². The van der Waals surface area contributed by atoms with E-state index in [4.69, 9.17) is 14.2 Å². The quantitative estimate of drug-likeness (QED) is 0.334. The number of hydrogen-bond acceptors (Lipinski definition) is 4. The maximum absolute atomic E-state index is 11.8. The van der Waals surface area contributed by atoms with Crippen LogP contribution < -0.4 is 4.74 Å². The van der Waals surface area contributed by atoms with Crippen molar-refractivity contribution in [3.63, 3.8) is 0 Å². The van der Waals surface area contributed by atoms with Crippen LogP contribution in [0, 0.1) is 0 Å². The summed E-state index contributed by atoms with van der Waals surface area (Å²) in [6, 6.07) is 17.7. The molecule has 0 spiro atoms. The van der Waals surface area contributed by atoms with Crippen LogP contribution in [-0.4, -0.2) is 25.3 Å². The van der Waals surface area contributed by atoms with Crippen LogP contribution in [0.5, 0.6) is 5.75 Å². The number of methoxy groups -OCH3 is 1. The first kappa shape index (κ1) is 20.5. The first-order valence-electron chi connectivity index (χ1n) is 8.90. The molecule has 2 aromatic carbocycles. The maximum Gasteiger partial charge on any atom is 0.330 e. The molecule has 2 rings (SSSR count). The van der Waals surface area contributed by atoms with E-state index in [0.717, 1.165) is 17.7 Å². The molecule has 0 unspecified atom stereocenters. The van der Waals surface area contributed by atoms with Crippen molar-refractivity contribution in [1.82, 2.24) is 0 Å². The fourth-order valence-electron chi connectivity index (χ4n) is 2.68. The van der Waals surface area contributed by atoms with Crippen molar-refractivity contribution in [2.24, 2.45) is 0 Å². The average Bonchev–Trinajstić information content (AvgIpc) is 2.73. The summed E-state index contributed by atoms with van der Waals surface area (Å²) in [4.78, 5) is 11.8. The molecule has 0 fully saturated rings. The Labute approximate surface area is 161 Å². The Kier molecular flexibility index (Phi) is 8.33. The Morgan fingerprint density at radius 2 is 1.74 bits per heavy atom. The number of esters is 1. The van der Waals surface area contributed by atoms with Crippen molar-refractivity contribution in [3.05, 3.63) is 91.0 Å². The highest BCUT2D eigenvalue weighted by molar-refractivity contribution is 5.81. The van der Waals surface area contributed by atoms with Gasteiger partial charge in [0.1, 0.15) is 18.0 Å². The van der Waals surface area contributed by atoms with Crippen LogP contribution in [0.25, 0.3) is 0 Å². The van der Waals surface area contributed by atoms with Gasteiger partial charge in [-0.15, -0.1) is 6.58 Å². The fraction of sp³-hybridized carbons (Fsp3) is 0.261. The number of rotatable bonds is 11. The summed E-state index contributed by atoms with van der Waals surface area (Å²) in [5, 5.41) is 0. The molecule has 0 aromatic heterocycles.